The molecule has 1 aliphatic rings. The van der Waals surface area contributed by atoms with Gasteiger partial charge in [0.2, 0.25) is 0 Å². The van der Waals surface area contributed by atoms with Gasteiger partial charge in [0.1, 0.15) is 22.5 Å². The van der Waals surface area contributed by atoms with Gasteiger partial charge in [0.05, 0.1) is 23.4 Å². The highest BCUT2D eigenvalue weighted by Crippen LogP contribution is 2.37. The molecule has 0 radical (unpaired) electrons. The predicted molar refractivity (Wildman–Crippen MR) is 128 cm³/mol. The molecule has 0 atom stereocenters. The Labute approximate surface area is 197 Å². The van der Waals surface area contributed by atoms with Crippen molar-refractivity contribution in [3.63, 3.8) is 0 Å². The molecule has 0 aromatic carbocycles. The molecule has 0 aliphatic heterocycles. The molecule has 0 saturated heterocycles. The second-order valence-corrected chi connectivity index (χ2v) is 9.69. The number of carbonyl (C=O) groups excluding carboxylic acids is 2. The van der Waals surface area contributed by atoms with Crippen LogP contribution in [0.4, 0.5) is 0 Å². The van der Waals surface area contributed by atoms with Crippen LogP contribution in [0, 0.1) is 5.92 Å². The van der Waals surface area contributed by atoms with Crippen molar-refractivity contribution < 1.29 is 19.1 Å². The molecule has 0 amide bonds. The molecular formula is C26H28N4O4. The number of hydrogen-bond donors (Lipinski definition) is 0. The van der Waals surface area contributed by atoms with E-state index in [1.807, 2.05) is 39.0 Å². The molecule has 0 bridgehead atoms. The van der Waals surface area contributed by atoms with E-state index in [1.54, 1.807) is 36.0 Å². The molecule has 176 valence electrons. The third-order valence-electron chi connectivity index (χ3n) is 5.78. The van der Waals surface area contributed by atoms with Gasteiger partial charge in [-0.3, -0.25) is 0 Å². The van der Waals surface area contributed by atoms with Crippen LogP contribution in [0.15, 0.2) is 42.7 Å². The Bertz CT molecular complexity index is 1410. The number of hydrogen-bond acceptors (Lipinski definition) is 6. The lowest BCUT2D eigenvalue weighted by Crippen LogP contribution is -2.24. The maximum Gasteiger partial charge on any atom is 0.343 e. The Morgan fingerprint density at radius 3 is 2.65 bits per heavy atom. The highest BCUT2D eigenvalue weighted by atomic mass is 16.6. The summed E-state index contributed by atoms with van der Waals surface area (Å²) in [5, 5.41) is 5.76. The molecular weight excluding hydrogens is 432 g/mol. The highest BCUT2D eigenvalue weighted by molar-refractivity contribution is 6.04. The fourth-order valence-corrected chi connectivity index (χ4v) is 4.12. The summed E-state index contributed by atoms with van der Waals surface area (Å²) in [6.07, 6.45) is 5.73. The van der Waals surface area contributed by atoms with Crippen LogP contribution in [-0.2, 0) is 16.0 Å². The SMILES string of the molecule is CCOC(=O)c1ccc2c(C(=O)OC(C)(C)C)c(-c3cc4cccnc4n3CC3CC3)nn2c1. The maximum atomic E-state index is 13.4. The van der Waals surface area contributed by atoms with Gasteiger partial charge >= 0.3 is 11.9 Å². The van der Waals surface area contributed by atoms with Gasteiger partial charge in [0.25, 0.3) is 0 Å². The number of fused-ring (bicyclic) bond motifs is 2. The summed E-state index contributed by atoms with van der Waals surface area (Å²) in [6.45, 7) is 8.36. The number of esters is 2. The number of aromatic nitrogens is 4. The minimum Gasteiger partial charge on any atom is -0.462 e. The monoisotopic (exact) mass is 460 g/mol. The number of ether oxygens (including phenoxy) is 2. The molecule has 4 aromatic rings. The lowest BCUT2D eigenvalue weighted by molar-refractivity contribution is 0.00724. The molecule has 4 heterocycles. The van der Waals surface area contributed by atoms with Gasteiger partial charge in [-0.05, 0) is 76.8 Å². The average molecular weight is 461 g/mol. The van der Waals surface area contributed by atoms with Gasteiger partial charge in [-0.1, -0.05) is 0 Å². The van der Waals surface area contributed by atoms with Gasteiger partial charge in [-0.15, -0.1) is 0 Å². The summed E-state index contributed by atoms with van der Waals surface area (Å²) in [6, 6.07) is 9.30. The first-order valence-electron chi connectivity index (χ1n) is 11.6. The first kappa shape index (κ1) is 22.1. The van der Waals surface area contributed by atoms with Crippen LogP contribution in [-0.4, -0.2) is 43.3 Å². The van der Waals surface area contributed by atoms with Crippen LogP contribution >= 0.6 is 0 Å². The van der Waals surface area contributed by atoms with Crippen LogP contribution in [0.5, 0.6) is 0 Å². The zero-order valence-electron chi connectivity index (χ0n) is 19.9. The smallest absolute Gasteiger partial charge is 0.343 e. The minimum atomic E-state index is -0.671. The fourth-order valence-electron chi connectivity index (χ4n) is 4.12. The van der Waals surface area contributed by atoms with Crippen molar-refractivity contribution in [2.45, 2.75) is 52.7 Å². The molecule has 0 spiro atoms. The van der Waals surface area contributed by atoms with Crippen molar-refractivity contribution in [3.05, 3.63) is 53.9 Å². The van der Waals surface area contributed by atoms with E-state index in [4.69, 9.17) is 14.6 Å². The van der Waals surface area contributed by atoms with E-state index < -0.39 is 17.5 Å². The Hall–Kier alpha value is -3.68. The van der Waals surface area contributed by atoms with Gasteiger partial charge in [0, 0.05) is 24.3 Å². The number of rotatable bonds is 6. The standard InChI is InChI=1S/C26H28N4O4/c1-5-33-24(31)18-10-11-19-21(25(32)34-26(2,3)4)22(28-30(19)15-18)20-13-17-7-6-12-27-23(17)29(20)14-16-8-9-16/h6-7,10-13,15-16H,5,8-9,14H2,1-4H3. The van der Waals surface area contributed by atoms with Crippen molar-refractivity contribution >= 4 is 28.5 Å². The summed E-state index contributed by atoms with van der Waals surface area (Å²) in [5.41, 5.74) is 2.80. The Morgan fingerprint density at radius 2 is 1.94 bits per heavy atom. The van der Waals surface area contributed by atoms with E-state index in [-0.39, 0.29) is 6.61 Å². The molecule has 1 fully saturated rings. The van der Waals surface area contributed by atoms with Gasteiger partial charge in [0.15, 0.2) is 0 Å². The van der Waals surface area contributed by atoms with E-state index in [1.165, 1.54) is 12.8 Å². The van der Waals surface area contributed by atoms with Gasteiger partial charge in [-0.2, -0.15) is 5.10 Å². The molecule has 0 N–H and O–H groups in total. The second-order valence-electron chi connectivity index (χ2n) is 9.69. The first-order chi connectivity index (χ1) is 16.2. The van der Waals surface area contributed by atoms with Crippen LogP contribution in [0.1, 0.15) is 61.3 Å². The number of pyridine rings is 2. The maximum absolute atomic E-state index is 13.4. The zero-order chi connectivity index (χ0) is 24.0. The summed E-state index contributed by atoms with van der Waals surface area (Å²) >= 11 is 0. The minimum absolute atomic E-state index is 0.276. The Kier molecular flexibility index (Phi) is 5.38. The van der Waals surface area contributed by atoms with E-state index in [9.17, 15) is 9.59 Å². The molecule has 0 unspecified atom stereocenters. The predicted octanol–water partition coefficient (Wildman–Crippen LogP) is 4.89. The molecule has 8 nitrogen and oxygen atoms in total. The first-order valence-corrected chi connectivity index (χ1v) is 11.6. The van der Waals surface area contributed by atoms with Gasteiger partial charge < -0.3 is 14.0 Å². The number of carbonyl (C=O) groups is 2. The van der Waals surface area contributed by atoms with Crippen LogP contribution < -0.4 is 0 Å². The Balaban J connectivity index is 1.73. The van der Waals surface area contributed by atoms with E-state index in [2.05, 4.69) is 9.55 Å². The average Bonchev–Trinajstić information content (AvgIpc) is 3.41. The summed E-state index contributed by atoms with van der Waals surface area (Å²) in [7, 11) is 0. The molecule has 4 aromatic heterocycles. The van der Waals surface area contributed by atoms with Crippen LogP contribution in [0.2, 0.25) is 0 Å². The zero-order valence-corrected chi connectivity index (χ0v) is 19.9. The van der Waals surface area contributed by atoms with Gasteiger partial charge in [-0.25, -0.2) is 19.1 Å². The van der Waals surface area contributed by atoms with E-state index in [0.717, 1.165) is 23.3 Å². The summed E-state index contributed by atoms with van der Waals surface area (Å²) in [5.74, 6) is -0.307. The van der Waals surface area contributed by atoms with E-state index >= 15 is 0 Å². The van der Waals surface area contributed by atoms with E-state index in [0.29, 0.717) is 28.3 Å². The lowest BCUT2D eigenvalue weighted by atomic mass is 10.1. The molecule has 8 heteroatoms. The third-order valence-corrected chi connectivity index (χ3v) is 5.78. The molecule has 1 aliphatic carbocycles. The normalized spacial score (nSPS) is 14.0. The van der Waals surface area contributed by atoms with Crippen molar-refractivity contribution in [2.75, 3.05) is 6.61 Å². The van der Waals surface area contributed by atoms with Crippen molar-refractivity contribution in [2.24, 2.45) is 5.92 Å². The quantitative estimate of drug-likeness (QED) is 0.381. The van der Waals surface area contributed by atoms with Crippen LogP contribution in [0.3, 0.4) is 0 Å². The van der Waals surface area contributed by atoms with Crippen molar-refractivity contribution in [1.29, 1.82) is 0 Å². The number of nitrogens with zero attached hydrogens (tertiary/aromatic N) is 4. The topological polar surface area (TPSA) is 87.7 Å². The van der Waals surface area contributed by atoms with Crippen LogP contribution in [0.25, 0.3) is 27.9 Å². The highest BCUT2D eigenvalue weighted by Gasteiger charge is 2.30. The summed E-state index contributed by atoms with van der Waals surface area (Å²) in [4.78, 5) is 30.3. The molecule has 5 rings (SSSR count). The summed E-state index contributed by atoms with van der Waals surface area (Å²) < 4.78 is 14.6. The van der Waals surface area contributed by atoms with Crippen molar-refractivity contribution in [1.82, 2.24) is 19.2 Å². The third kappa shape index (κ3) is 4.16. The lowest BCUT2D eigenvalue weighted by Gasteiger charge is -2.19. The Morgan fingerprint density at radius 1 is 1.15 bits per heavy atom. The largest absolute Gasteiger partial charge is 0.462 e. The molecule has 1 saturated carbocycles. The van der Waals surface area contributed by atoms with Crippen molar-refractivity contribution in [3.8, 4) is 11.4 Å². The molecule has 34 heavy (non-hydrogen) atoms. The fraction of sp³-hybridized carbons (Fsp3) is 0.385. The second kappa shape index (κ2) is 8.27.